The number of hydrogen-bond donors (Lipinski definition) is 2. The Kier molecular flexibility index (Phi) is 6.12. The lowest BCUT2D eigenvalue weighted by molar-refractivity contribution is 0.0528. The molecule has 1 rings (SSSR count). The van der Waals surface area contributed by atoms with Gasteiger partial charge in [0.25, 0.3) is 0 Å². The summed E-state index contributed by atoms with van der Waals surface area (Å²) in [5, 5.41) is 6.10. The predicted molar refractivity (Wildman–Crippen MR) is 72.5 cm³/mol. The van der Waals surface area contributed by atoms with Gasteiger partial charge in [-0.3, -0.25) is 0 Å². The third kappa shape index (κ3) is 7.49. The number of nitrogens with one attached hydrogen (secondary N) is 2. The molecule has 0 radical (unpaired) electrons. The fraction of sp³-hybridized carbons (Fsp3) is 0.917. The number of thioether (sulfide) groups is 1. The van der Waals surface area contributed by atoms with Crippen LogP contribution in [0.3, 0.4) is 0 Å². The zero-order valence-corrected chi connectivity index (χ0v) is 11.9. The maximum absolute atomic E-state index is 11.3. The van der Waals surface area contributed by atoms with Crippen molar-refractivity contribution in [3.63, 3.8) is 0 Å². The Morgan fingerprint density at radius 3 is 2.76 bits per heavy atom. The highest BCUT2D eigenvalue weighted by Crippen LogP contribution is 2.22. The molecule has 0 bridgehead atoms. The lowest BCUT2D eigenvalue weighted by Crippen LogP contribution is -2.37. The largest absolute Gasteiger partial charge is 0.444 e. The molecule has 4 nitrogen and oxygen atoms in total. The van der Waals surface area contributed by atoms with Crippen molar-refractivity contribution >= 4 is 17.9 Å². The van der Waals surface area contributed by atoms with E-state index in [0.29, 0.717) is 6.54 Å². The van der Waals surface area contributed by atoms with Gasteiger partial charge >= 0.3 is 6.09 Å². The Balaban J connectivity index is 1.94. The van der Waals surface area contributed by atoms with Gasteiger partial charge in [-0.05, 0) is 51.2 Å². The van der Waals surface area contributed by atoms with E-state index in [9.17, 15) is 4.79 Å². The van der Waals surface area contributed by atoms with Crippen molar-refractivity contribution in [1.29, 1.82) is 0 Å². The highest BCUT2D eigenvalue weighted by Gasteiger charge is 2.16. The number of carbonyl (C=O) groups excluding carboxylic acids is 1. The Labute approximate surface area is 108 Å². The maximum Gasteiger partial charge on any atom is 0.407 e. The number of hydrogen-bond acceptors (Lipinski definition) is 4. The fourth-order valence-corrected chi connectivity index (χ4v) is 2.90. The van der Waals surface area contributed by atoms with Crippen LogP contribution in [0.4, 0.5) is 4.79 Å². The van der Waals surface area contributed by atoms with E-state index in [1.165, 1.54) is 17.9 Å². The third-order valence-electron chi connectivity index (χ3n) is 2.43. The Hall–Kier alpha value is -0.420. The van der Waals surface area contributed by atoms with Crippen LogP contribution in [0.5, 0.6) is 0 Å². The molecule has 0 aromatic heterocycles. The summed E-state index contributed by atoms with van der Waals surface area (Å²) in [7, 11) is 0. The molecule has 1 heterocycles. The van der Waals surface area contributed by atoms with Gasteiger partial charge in [-0.2, -0.15) is 11.8 Å². The summed E-state index contributed by atoms with van der Waals surface area (Å²) >= 11 is 2.03. The molecule has 17 heavy (non-hydrogen) atoms. The second-order valence-corrected chi connectivity index (χ2v) is 6.51. The Morgan fingerprint density at radius 1 is 1.41 bits per heavy atom. The average Bonchev–Trinajstić information content (AvgIpc) is 2.67. The molecule has 0 aromatic carbocycles. The lowest BCUT2D eigenvalue weighted by Gasteiger charge is -2.19. The number of rotatable bonds is 5. The molecule has 0 aliphatic carbocycles. The molecule has 0 spiro atoms. The molecule has 1 amide bonds. The van der Waals surface area contributed by atoms with Gasteiger partial charge in [-0.25, -0.2) is 4.79 Å². The fourth-order valence-electron chi connectivity index (χ4n) is 1.62. The number of carbonyl (C=O) groups is 1. The van der Waals surface area contributed by atoms with E-state index in [1.807, 2.05) is 32.5 Å². The van der Waals surface area contributed by atoms with Gasteiger partial charge in [0.05, 0.1) is 0 Å². The second kappa shape index (κ2) is 7.11. The Bertz CT molecular complexity index is 235. The Morgan fingerprint density at radius 2 is 2.18 bits per heavy atom. The normalized spacial score (nSPS) is 20.3. The van der Waals surface area contributed by atoms with E-state index in [4.69, 9.17) is 4.74 Å². The molecule has 1 aliphatic rings. The number of amides is 1. The van der Waals surface area contributed by atoms with Crippen LogP contribution >= 0.6 is 11.8 Å². The van der Waals surface area contributed by atoms with Crippen LogP contribution in [0, 0.1) is 5.92 Å². The topological polar surface area (TPSA) is 50.4 Å². The minimum atomic E-state index is -0.418. The molecule has 2 N–H and O–H groups in total. The summed E-state index contributed by atoms with van der Waals surface area (Å²) < 4.78 is 5.14. The summed E-state index contributed by atoms with van der Waals surface area (Å²) in [4.78, 5) is 11.3. The summed E-state index contributed by atoms with van der Waals surface area (Å²) in [6.45, 7) is 8.08. The van der Waals surface area contributed by atoms with E-state index in [0.717, 1.165) is 19.0 Å². The van der Waals surface area contributed by atoms with E-state index in [1.54, 1.807) is 0 Å². The van der Waals surface area contributed by atoms with E-state index < -0.39 is 5.60 Å². The summed E-state index contributed by atoms with van der Waals surface area (Å²) in [6, 6.07) is 0. The van der Waals surface area contributed by atoms with Gasteiger partial charge in [0.1, 0.15) is 5.60 Å². The zero-order valence-electron chi connectivity index (χ0n) is 11.0. The maximum atomic E-state index is 11.3. The first-order chi connectivity index (χ1) is 7.97. The molecule has 1 aliphatic heterocycles. The van der Waals surface area contributed by atoms with Crippen LogP contribution < -0.4 is 10.6 Å². The van der Waals surface area contributed by atoms with Crippen molar-refractivity contribution in [1.82, 2.24) is 10.6 Å². The first kappa shape index (κ1) is 14.6. The van der Waals surface area contributed by atoms with Crippen LogP contribution in [0.15, 0.2) is 0 Å². The first-order valence-electron chi connectivity index (χ1n) is 6.23. The van der Waals surface area contributed by atoms with Crippen molar-refractivity contribution in [2.24, 2.45) is 5.92 Å². The van der Waals surface area contributed by atoms with Gasteiger partial charge in [-0.1, -0.05) is 0 Å². The minimum Gasteiger partial charge on any atom is -0.444 e. The monoisotopic (exact) mass is 260 g/mol. The second-order valence-electron chi connectivity index (χ2n) is 5.36. The van der Waals surface area contributed by atoms with Crippen molar-refractivity contribution in [2.75, 3.05) is 31.1 Å². The van der Waals surface area contributed by atoms with Crippen LogP contribution in [0.1, 0.15) is 27.2 Å². The summed E-state index contributed by atoms with van der Waals surface area (Å²) in [5.41, 5.74) is -0.418. The van der Waals surface area contributed by atoms with Crippen molar-refractivity contribution in [2.45, 2.75) is 32.8 Å². The standard InChI is InChI=1S/C12H24N2O2S/c1-12(2,3)16-11(15)14-6-5-13-8-10-4-7-17-9-10/h10,13H,4-9H2,1-3H3,(H,14,15). The van der Waals surface area contributed by atoms with E-state index >= 15 is 0 Å². The van der Waals surface area contributed by atoms with Gasteiger partial charge in [0, 0.05) is 13.1 Å². The van der Waals surface area contributed by atoms with Crippen LogP contribution in [0.25, 0.3) is 0 Å². The smallest absolute Gasteiger partial charge is 0.407 e. The first-order valence-corrected chi connectivity index (χ1v) is 7.38. The molecular formula is C12H24N2O2S. The molecule has 0 aromatic rings. The molecule has 1 unspecified atom stereocenters. The van der Waals surface area contributed by atoms with E-state index in [2.05, 4.69) is 10.6 Å². The minimum absolute atomic E-state index is 0.337. The zero-order chi connectivity index (χ0) is 12.7. The number of ether oxygens (including phenoxy) is 1. The van der Waals surface area contributed by atoms with Crippen molar-refractivity contribution in [3.8, 4) is 0 Å². The third-order valence-corrected chi connectivity index (χ3v) is 3.66. The summed E-state index contributed by atoms with van der Waals surface area (Å²) in [5.74, 6) is 3.37. The van der Waals surface area contributed by atoms with Crippen LogP contribution in [-0.2, 0) is 4.74 Å². The molecule has 5 heteroatoms. The molecule has 0 saturated carbocycles. The molecule has 100 valence electrons. The van der Waals surface area contributed by atoms with Crippen molar-refractivity contribution < 1.29 is 9.53 Å². The predicted octanol–water partition coefficient (Wildman–Crippen LogP) is 1.85. The van der Waals surface area contributed by atoms with Gasteiger partial charge < -0.3 is 15.4 Å². The van der Waals surface area contributed by atoms with Gasteiger partial charge in [0.2, 0.25) is 0 Å². The highest BCUT2D eigenvalue weighted by molar-refractivity contribution is 7.99. The number of alkyl carbamates (subject to hydrolysis) is 1. The molecule has 1 fully saturated rings. The highest BCUT2D eigenvalue weighted by atomic mass is 32.2. The van der Waals surface area contributed by atoms with E-state index in [-0.39, 0.29) is 6.09 Å². The van der Waals surface area contributed by atoms with Crippen LogP contribution in [0.2, 0.25) is 0 Å². The quantitative estimate of drug-likeness (QED) is 0.741. The lowest BCUT2D eigenvalue weighted by atomic mass is 10.1. The molecule has 1 saturated heterocycles. The molecular weight excluding hydrogens is 236 g/mol. The average molecular weight is 260 g/mol. The van der Waals surface area contributed by atoms with Crippen LogP contribution in [-0.4, -0.2) is 42.8 Å². The van der Waals surface area contributed by atoms with Gasteiger partial charge in [0.15, 0.2) is 0 Å². The van der Waals surface area contributed by atoms with Gasteiger partial charge in [-0.15, -0.1) is 0 Å². The SMILES string of the molecule is CC(C)(C)OC(=O)NCCNCC1CCSC1. The van der Waals surface area contributed by atoms with Crippen molar-refractivity contribution in [3.05, 3.63) is 0 Å². The molecule has 1 atom stereocenters. The summed E-state index contributed by atoms with van der Waals surface area (Å²) in [6.07, 6.45) is 0.979.